The van der Waals surface area contributed by atoms with E-state index in [0.29, 0.717) is 17.0 Å². The zero-order chi connectivity index (χ0) is 24.2. The van der Waals surface area contributed by atoms with Gasteiger partial charge in [-0.1, -0.05) is 32.9 Å². The number of carbonyl (C=O) groups excluding carboxylic acids is 2. The molecule has 0 atom stereocenters. The van der Waals surface area contributed by atoms with Gasteiger partial charge in [-0.05, 0) is 59.5 Å². The van der Waals surface area contributed by atoms with Gasteiger partial charge in [-0.25, -0.2) is 13.6 Å². The van der Waals surface area contributed by atoms with Crippen LogP contribution in [0.2, 0.25) is 0 Å². The molecule has 3 rings (SSSR count). The summed E-state index contributed by atoms with van der Waals surface area (Å²) in [5.41, 5.74) is 1.68. The van der Waals surface area contributed by atoms with Crippen LogP contribution in [0.1, 0.15) is 42.5 Å². The van der Waals surface area contributed by atoms with Crippen molar-refractivity contribution in [2.24, 2.45) is 5.14 Å². The van der Waals surface area contributed by atoms with Crippen molar-refractivity contribution in [1.82, 2.24) is 5.32 Å². The molecule has 2 amide bonds. The van der Waals surface area contributed by atoms with Crippen LogP contribution in [0, 0.1) is 0 Å². The lowest BCUT2D eigenvalue weighted by Crippen LogP contribution is -2.30. The Morgan fingerprint density at radius 2 is 1.61 bits per heavy atom. The van der Waals surface area contributed by atoms with E-state index in [0.717, 1.165) is 5.56 Å². The Bertz CT molecular complexity index is 1270. The van der Waals surface area contributed by atoms with Crippen molar-refractivity contribution in [2.75, 3.05) is 5.32 Å². The molecular weight excluding hydrogens is 442 g/mol. The van der Waals surface area contributed by atoms with E-state index in [2.05, 4.69) is 31.4 Å². The molecule has 2 aromatic carbocycles. The Hall–Kier alpha value is -3.69. The van der Waals surface area contributed by atoms with Crippen molar-refractivity contribution in [3.63, 3.8) is 0 Å². The van der Waals surface area contributed by atoms with E-state index in [9.17, 15) is 18.0 Å². The molecule has 172 valence electrons. The van der Waals surface area contributed by atoms with Crippen LogP contribution >= 0.6 is 0 Å². The van der Waals surface area contributed by atoms with E-state index in [1.54, 1.807) is 24.3 Å². The number of amides is 2. The molecule has 9 heteroatoms. The van der Waals surface area contributed by atoms with Gasteiger partial charge in [0.05, 0.1) is 11.2 Å². The molecule has 1 aromatic heterocycles. The lowest BCUT2D eigenvalue weighted by Gasteiger charge is -2.19. The maximum Gasteiger partial charge on any atom is 0.272 e. The summed E-state index contributed by atoms with van der Waals surface area (Å²) in [6.45, 7) is 6.23. The Morgan fingerprint density at radius 3 is 2.12 bits per heavy atom. The van der Waals surface area contributed by atoms with Crippen LogP contribution < -0.4 is 15.8 Å². The topological polar surface area (TPSA) is 132 Å². The van der Waals surface area contributed by atoms with Crippen molar-refractivity contribution < 1.29 is 22.4 Å². The Morgan fingerprint density at radius 1 is 0.970 bits per heavy atom. The Balaban J connectivity index is 1.81. The molecule has 4 N–H and O–H groups in total. The predicted octanol–water partition coefficient (Wildman–Crippen LogP) is 3.63. The second-order valence-corrected chi connectivity index (χ2v) is 9.94. The summed E-state index contributed by atoms with van der Waals surface area (Å²) in [5.74, 6) is -0.712. The van der Waals surface area contributed by atoms with Gasteiger partial charge in [-0.2, -0.15) is 0 Å². The van der Waals surface area contributed by atoms with Gasteiger partial charge in [0, 0.05) is 17.3 Å². The molecule has 0 saturated heterocycles. The number of nitrogens with one attached hydrogen (secondary N) is 2. The molecule has 8 nitrogen and oxygen atoms in total. The monoisotopic (exact) mass is 467 g/mol. The second kappa shape index (κ2) is 9.43. The summed E-state index contributed by atoms with van der Waals surface area (Å²) in [6.07, 6.45) is 2.84. The second-order valence-electron chi connectivity index (χ2n) is 8.38. The molecule has 3 aromatic rings. The molecule has 0 unspecified atom stereocenters. The van der Waals surface area contributed by atoms with Gasteiger partial charge in [0.2, 0.25) is 10.0 Å². The van der Waals surface area contributed by atoms with Crippen LogP contribution in [0.5, 0.6) is 0 Å². The third-order valence-electron chi connectivity index (χ3n) is 4.78. The van der Waals surface area contributed by atoms with Crippen molar-refractivity contribution in [3.8, 4) is 0 Å². The molecular formula is C24H25N3O5S. The number of carbonyl (C=O) groups is 2. The molecule has 0 radical (unpaired) electrons. The van der Waals surface area contributed by atoms with E-state index in [1.165, 1.54) is 36.6 Å². The fourth-order valence-corrected chi connectivity index (χ4v) is 3.43. The van der Waals surface area contributed by atoms with Crippen LogP contribution in [0.15, 0.2) is 81.9 Å². The van der Waals surface area contributed by atoms with Gasteiger partial charge in [-0.15, -0.1) is 0 Å². The highest BCUT2D eigenvalue weighted by Crippen LogP contribution is 2.22. The smallest absolute Gasteiger partial charge is 0.272 e. The summed E-state index contributed by atoms with van der Waals surface area (Å²) < 4.78 is 28.1. The maximum absolute atomic E-state index is 12.9. The van der Waals surface area contributed by atoms with Crippen LogP contribution in [-0.4, -0.2) is 20.2 Å². The van der Waals surface area contributed by atoms with Crippen molar-refractivity contribution in [2.45, 2.75) is 31.1 Å². The average Bonchev–Trinajstić information content (AvgIpc) is 3.25. The largest absolute Gasteiger partial charge is 0.465 e. The molecule has 0 fully saturated rings. The number of benzene rings is 2. The summed E-state index contributed by atoms with van der Waals surface area (Å²) >= 11 is 0. The fraction of sp³-hybridized carbons (Fsp3) is 0.167. The molecule has 0 saturated carbocycles. The third-order valence-corrected chi connectivity index (χ3v) is 5.71. The molecule has 0 spiro atoms. The van der Waals surface area contributed by atoms with Gasteiger partial charge in [0.15, 0.2) is 0 Å². The standard InChI is InChI=1S/C24H25N3O5S/c1-24(2,3)17-8-6-16(7-9-17)22(28)27-21(15-19-5-4-14-32-19)23(29)26-18-10-12-20(13-11-18)33(25,30)31/h4-15H,1-3H3,(H,26,29)(H,27,28)(H2,25,30,31). The molecule has 0 aliphatic rings. The third kappa shape index (κ3) is 6.41. The average molecular weight is 468 g/mol. The maximum atomic E-state index is 12.9. The van der Waals surface area contributed by atoms with E-state index < -0.39 is 21.8 Å². The zero-order valence-electron chi connectivity index (χ0n) is 18.5. The number of hydrogen-bond acceptors (Lipinski definition) is 5. The van der Waals surface area contributed by atoms with Crippen molar-refractivity contribution in [1.29, 1.82) is 0 Å². The minimum absolute atomic E-state index is 0.0506. The lowest BCUT2D eigenvalue weighted by atomic mass is 9.87. The molecule has 0 aliphatic carbocycles. The normalized spacial score (nSPS) is 12.3. The number of hydrogen-bond donors (Lipinski definition) is 3. The van der Waals surface area contributed by atoms with E-state index in [-0.39, 0.29) is 16.0 Å². The van der Waals surface area contributed by atoms with Gasteiger partial charge < -0.3 is 15.1 Å². The van der Waals surface area contributed by atoms with Gasteiger partial charge in [0.1, 0.15) is 11.5 Å². The minimum atomic E-state index is -3.85. The van der Waals surface area contributed by atoms with E-state index >= 15 is 0 Å². The van der Waals surface area contributed by atoms with Gasteiger partial charge >= 0.3 is 0 Å². The Kier molecular flexibility index (Phi) is 6.85. The first-order valence-corrected chi connectivity index (χ1v) is 11.6. The van der Waals surface area contributed by atoms with Crippen molar-refractivity contribution in [3.05, 3.63) is 89.5 Å². The number of sulfonamides is 1. The quantitative estimate of drug-likeness (QED) is 0.476. The van der Waals surface area contributed by atoms with Gasteiger partial charge in [0.25, 0.3) is 11.8 Å². The first kappa shape index (κ1) is 24.0. The molecule has 33 heavy (non-hydrogen) atoms. The number of rotatable bonds is 6. The number of nitrogens with two attached hydrogens (primary N) is 1. The first-order valence-electron chi connectivity index (χ1n) is 10.0. The van der Waals surface area contributed by atoms with Crippen LogP contribution in [0.3, 0.4) is 0 Å². The first-order chi connectivity index (χ1) is 15.4. The van der Waals surface area contributed by atoms with Crippen LogP contribution in [0.25, 0.3) is 6.08 Å². The number of anilines is 1. The highest BCUT2D eigenvalue weighted by molar-refractivity contribution is 7.89. The number of primary sulfonamides is 1. The fourth-order valence-electron chi connectivity index (χ4n) is 2.92. The highest BCUT2D eigenvalue weighted by atomic mass is 32.2. The van der Waals surface area contributed by atoms with Crippen LogP contribution in [0.4, 0.5) is 5.69 Å². The SMILES string of the molecule is CC(C)(C)c1ccc(C(=O)NC(=Cc2ccco2)C(=O)Nc2ccc(S(N)(=O)=O)cc2)cc1. The van der Waals surface area contributed by atoms with Crippen molar-refractivity contribution >= 4 is 33.6 Å². The molecule has 0 bridgehead atoms. The molecule has 1 heterocycles. The van der Waals surface area contributed by atoms with E-state index in [1.807, 2.05) is 12.1 Å². The summed E-state index contributed by atoms with van der Waals surface area (Å²) in [5, 5.41) is 10.3. The zero-order valence-corrected chi connectivity index (χ0v) is 19.3. The van der Waals surface area contributed by atoms with E-state index in [4.69, 9.17) is 9.56 Å². The lowest BCUT2D eigenvalue weighted by molar-refractivity contribution is -0.113. The predicted molar refractivity (Wildman–Crippen MR) is 126 cm³/mol. The van der Waals surface area contributed by atoms with Gasteiger partial charge in [-0.3, -0.25) is 9.59 Å². The summed E-state index contributed by atoms with van der Waals surface area (Å²) in [7, 11) is -3.85. The number of furan rings is 1. The molecule has 0 aliphatic heterocycles. The minimum Gasteiger partial charge on any atom is -0.465 e. The summed E-state index contributed by atoms with van der Waals surface area (Å²) in [4.78, 5) is 25.6. The highest BCUT2D eigenvalue weighted by Gasteiger charge is 2.18. The van der Waals surface area contributed by atoms with Crippen LogP contribution in [-0.2, 0) is 20.2 Å². The Labute approximate surface area is 192 Å². The summed E-state index contributed by atoms with van der Waals surface area (Å²) in [6, 6.07) is 15.8.